The largest absolute Gasteiger partial charge is 1.00 e. The number of fused-ring (bicyclic) bond motifs is 2. The van der Waals surface area contributed by atoms with E-state index in [1.54, 1.807) is 19.9 Å². The van der Waals surface area contributed by atoms with Gasteiger partial charge in [0.15, 0.2) is 0 Å². The van der Waals surface area contributed by atoms with E-state index in [-0.39, 0.29) is 29.6 Å². The second kappa shape index (κ2) is 8.63. The molecule has 2 N–H and O–H groups in total. The first-order chi connectivity index (χ1) is 13.8. The molecule has 2 heterocycles. The third-order valence-electron chi connectivity index (χ3n) is 5.25. The van der Waals surface area contributed by atoms with Crippen LogP contribution in [0.15, 0.2) is 48.7 Å². The van der Waals surface area contributed by atoms with E-state index in [0.29, 0.717) is 0 Å². The van der Waals surface area contributed by atoms with Crippen LogP contribution in [-0.4, -0.2) is 45.0 Å². The van der Waals surface area contributed by atoms with Crippen molar-refractivity contribution in [2.45, 2.75) is 36.1 Å². The van der Waals surface area contributed by atoms with Crippen LogP contribution in [0.25, 0.3) is 16.8 Å². The van der Waals surface area contributed by atoms with Crippen LogP contribution in [0.5, 0.6) is 0 Å². The summed E-state index contributed by atoms with van der Waals surface area (Å²) in [4.78, 5) is 37.3. The molecule has 7 nitrogen and oxygen atoms in total. The van der Waals surface area contributed by atoms with Crippen molar-refractivity contribution in [1.82, 2.24) is 15.5 Å². The van der Waals surface area contributed by atoms with Gasteiger partial charge in [-0.25, -0.2) is 4.79 Å². The maximum Gasteiger partial charge on any atom is 1.00 e. The number of nitrogens with zero attached hydrogens (tertiary/aromatic N) is 1. The molecule has 3 atom stereocenters. The number of carboxylic acid groups (broad SMARTS) is 1. The van der Waals surface area contributed by atoms with Gasteiger partial charge in [-0.2, -0.15) is 0 Å². The normalized spacial score (nSPS) is 24.1. The number of nitrogens with one attached hydrogen (secondary N) is 2. The fourth-order valence-corrected chi connectivity index (χ4v) is 5.53. The Morgan fingerprint density at radius 1 is 1.17 bits per heavy atom. The van der Waals surface area contributed by atoms with Gasteiger partial charge in [0.1, 0.15) is 11.4 Å². The molecule has 9 heteroatoms. The minimum absolute atomic E-state index is 0. The monoisotopic (exact) mass is 433 g/mol. The van der Waals surface area contributed by atoms with Gasteiger partial charge in [-0.1, -0.05) is 42.5 Å². The van der Waals surface area contributed by atoms with Crippen molar-refractivity contribution in [3.8, 4) is 0 Å². The molecule has 2 unspecified atom stereocenters. The van der Waals surface area contributed by atoms with Gasteiger partial charge in [-0.3, -0.25) is 4.79 Å². The number of carbonyl (C=O) groups excluding carboxylic acids is 3. The standard InChI is InChI=1S/C21H21N3O4S.Na/c1-21(2)16(19(26)27)24-17(25)15(18(24)29-21)23-20(28)22-11-10-13-8-5-7-12-6-3-4-9-14(12)13;/h3-11,15-16,18H,1-2H3,(H,26,27)(H2,22,23,28);/q;+1/p-1/b11-10+;/t15?,16-,18?;/m0./s1. The summed E-state index contributed by atoms with van der Waals surface area (Å²) in [5, 5.41) is 18.4. The minimum Gasteiger partial charge on any atom is -0.548 e. The molecule has 3 amide bonds. The van der Waals surface area contributed by atoms with Crippen LogP contribution in [-0.2, 0) is 9.59 Å². The molecule has 0 aromatic heterocycles. The van der Waals surface area contributed by atoms with Gasteiger partial charge in [0, 0.05) is 10.9 Å². The van der Waals surface area contributed by atoms with E-state index in [1.165, 1.54) is 22.9 Å². The first-order valence-electron chi connectivity index (χ1n) is 9.22. The summed E-state index contributed by atoms with van der Waals surface area (Å²) in [7, 11) is 0. The van der Waals surface area contributed by atoms with E-state index in [0.717, 1.165) is 16.3 Å². The van der Waals surface area contributed by atoms with E-state index in [4.69, 9.17) is 0 Å². The Labute approximate surface area is 200 Å². The average Bonchev–Trinajstić information content (AvgIpc) is 2.94. The van der Waals surface area contributed by atoms with Gasteiger partial charge in [0.25, 0.3) is 0 Å². The number of urea groups is 1. The number of carboxylic acids is 1. The molecule has 2 aliphatic heterocycles. The number of β-lactam (4-membered cyclic amide) rings is 1. The number of rotatable bonds is 4. The van der Waals surface area contributed by atoms with E-state index < -0.39 is 40.1 Å². The van der Waals surface area contributed by atoms with Crippen molar-refractivity contribution >= 4 is 46.5 Å². The van der Waals surface area contributed by atoms with Gasteiger partial charge < -0.3 is 25.4 Å². The molecule has 30 heavy (non-hydrogen) atoms. The number of benzene rings is 2. The maximum absolute atomic E-state index is 12.4. The predicted molar refractivity (Wildman–Crippen MR) is 110 cm³/mol. The topological polar surface area (TPSA) is 102 Å². The number of hydrogen-bond donors (Lipinski definition) is 2. The molecular formula is C21H20N3NaO4S. The summed E-state index contributed by atoms with van der Waals surface area (Å²) < 4.78 is -0.680. The Morgan fingerprint density at radius 3 is 2.60 bits per heavy atom. The molecule has 150 valence electrons. The van der Waals surface area contributed by atoms with Gasteiger partial charge >= 0.3 is 35.6 Å². The quantitative estimate of drug-likeness (QED) is 0.442. The Balaban J connectivity index is 0.00000256. The number of thioether (sulfide) groups is 1. The van der Waals surface area contributed by atoms with Crippen LogP contribution in [0.2, 0.25) is 0 Å². The molecule has 2 fully saturated rings. The summed E-state index contributed by atoms with van der Waals surface area (Å²) in [5.74, 6) is -1.69. The van der Waals surface area contributed by atoms with E-state index >= 15 is 0 Å². The Bertz CT molecular complexity index is 1040. The van der Waals surface area contributed by atoms with Crippen molar-refractivity contribution in [3.63, 3.8) is 0 Å². The molecule has 0 aliphatic carbocycles. The van der Waals surface area contributed by atoms with Crippen LogP contribution in [0.4, 0.5) is 4.79 Å². The zero-order valence-corrected chi connectivity index (χ0v) is 19.7. The van der Waals surface area contributed by atoms with Crippen LogP contribution < -0.4 is 45.3 Å². The zero-order chi connectivity index (χ0) is 20.8. The van der Waals surface area contributed by atoms with Crippen LogP contribution >= 0.6 is 11.8 Å². The van der Waals surface area contributed by atoms with E-state index in [9.17, 15) is 19.5 Å². The van der Waals surface area contributed by atoms with Gasteiger partial charge in [-0.05, 0) is 36.3 Å². The Morgan fingerprint density at radius 2 is 1.87 bits per heavy atom. The SMILES string of the molecule is CC1(C)SC2C(NC(=O)N/C=C/c3cccc4ccccc34)C(=O)N2[C@H]1C(=O)[O-].[Na+]. The minimum atomic E-state index is -1.28. The molecule has 0 radical (unpaired) electrons. The molecule has 2 aromatic rings. The smallest absolute Gasteiger partial charge is 0.548 e. The van der Waals surface area contributed by atoms with Crippen molar-refractivity contribution in [2.75, 3.05) is 0 Å². The van der Waals surface area contributed by atoms with Crippen LogP contribution in [0, 0.1) is 0 Å². The second-order valence-corrected chi connectivity index (χ2v) is 9.35. The first-order valence-corrected chi connectivity index (χ1v) is 10.1. The van der Waals surface area contributed by atoms with Crippen molar-refractivity contribution in [1.29, 1.82) is 0 Å². The van der Waals surface area contributed by atoms with E-state index in [2.05, 4.69) is 10.6 Å². The van der Waals surface area contributed by atoms with Gasteiger partial charge in [0.2, 0.25) is 5.91 Å². The second-order valence-electron chi connectivity index (χ2n) is 7.58. The number of hydrogen-bond acceptors (Lipinski definition) is 5. The summed E-state index contributed by atoms with van der Waals surface area (Å²) >= 11 is 1.35. The Hall–Kier alpha value is -2.00. The maximum atomic E-state index is 12.4. The third kappa shape index (κ3) is 3.97. The summed E-state index contributed by atoms with van der Waals surface area (Å²) in [6.07, 6.45) is 3.31. The summed E-state index contributed by atoms with van der Waals surface area (Å²) in [5.41, 5.74) is 0.958. The zero-order valence-electron chi connectivity index (χ0n) is 16.9. The molecular weight excluding hydrogens is 413 g/mol. The number of carbonyl (C=O) groups is 3. The summed E-state index contributed by atoms with van der Waals surface area (Å²) in [6.45, 7) is 3.52. The molecule has 2 aromatic carbocycles. The fourth-order valence-electron chi connectivity index (χ4n) is 3.91. The molecule has 0 bridgehead atoms. The average molecular weight is 433 g/mol. The summed E-state index contributed by atoms with van der Waals surface area (Å²) in [6, 6.07) is 11.6. The van der Waals surface area contributed by atoms with Crippen molar-refractivity contribution < 1.29 is 49.0 Å². The molecule has 2 aliphatic rings. The molecule has 4 rings (SSSR count). The molecule has 2 saturated heterocycles. The number of amides is 3. The van der Waals surface area contributed by atoms with Crippen LogP contribution in [0.3, 0.4) is 0 Å². The van der Waals surface area contributed by atoms with Crippen molar-refractivity contribution in [2.24, 2.45) is 0 Å². The first kappa shape index (κ1) is 22.7. The van der Waals surface area contributed by atoms with Crippen LogP contribution in [0.1, 0.15) is 19.4 Å². The van der Waals surface area contributed by atoms with Crippen molar-refractivity contribution in [3.05, 3.63) is 54.2 Å². The molecule has 0 saturated carbocycles. The Kier molecular flexibility index (Phi) is 6.52. The molecule has 0 spiro atoms. The van der Waals surface area contributed by atoms with Gasteiger partial charge in [0.05, 0.1) is 12.0 Å². The van der Waals surface area contributed by atoms with Gasteiger partial charge in [-0.15, -0.1) is 11.8 Å². The van der Waals surface area contributed by atoms with E-state index in [1.807, 2.05) is 42.5 Å². The fraction of sp³-hybridized carbons (Fsp3) is 0.286. The number of aliphatic carboxylic acids is 1. The predicted octanol–water partition coefficient (Wildman–Crippen LogP) is -1.71. The third-order valence-corrected chi connectivity index (χ3v) is 6.82.